The molecule has 0 bridgehead atoms. The number of benzene rings is 3. The van der Waals surface area contributed by atoms with Gasteiger partial charge in [0.1, 0.15) is 17.9 Å². The fourth-order valence-corrected chi connectivity index (χ4v) is 4.19. The van der Waals surface area contributed by atoms with Gasteiger partial charge < -0.3 is 18.3 Å². The lowest BCUT2D eigenvalue weighted by atomic mass is 10.0. The normalized spacial score (nSPS) is 11.1. The highest BCUT2D eigenvalue weighted by atomic mass is 79.9. The highest BCUT2D eigenvalue weighted by molar-refractivity contribution is 9.10. The Morgan fingerprint density at radius 1 is 0.853 bits per heavy atom. The van der Waals surface area contributed by atoms with Crippen LogP contribution in [0, 0.1) is 6.92 Å². The average Bonchev–Trinajstić information content (AvgIpc) is 2.84. The van der Waals surface area contributed by atoms with Gasteiger partial charge in [-0.2, -0.15) is 0 Å². The summed E-state index contributed by atoms with van der Waals surface area (Å²) < 4.78 is 23.4. The molecule has 0 fully saturated rings. The lowest BCUT2D eigenvalue weighted by molar-refractivity contribution is 0.304. The van der Waals surface area contributed by atoms with Gasteiger partial charge in [0, 0.05) is 32.4 Å². The molecule has 2 heterocycles. The number of ether oxygens (including phenoxy) is 2. The number of rotatable bonds is 5. The van der Waals surface area contributed by atoms with Crippen LogP contribution in [-0.4, -0.2) is 7.11 Å². The minimum Gasteiger partial charge on any atom is -0.493 e. The van der Waals surface area contributed by atoms with Crippen molar-refractivity contribution in [2.75, 3.05) is 7.11 Å². The minimum absolute atomic E-state index is 0.265. The van der Waals surface area contributed by atoms with E-state index in [0.717, 1.165) is 10.0 Å². The molecule has 0 radical (unpaired) electrons. The number of hydrogen-bond donors (Lipinski definition) is 0. The summed E-state index contributed by atoms with van der Waals surface area (Å²) in [6, 6.07) is 19.8. The van der Waals surface area contributed by atoms with Crippen molar-refractivity contribution in [2.24, 2.45) is 0 Å². The van der Waals surface area contributed by atoms with Gasteiger partial charge in [-0.05, 0) is 48.9 Å². The number of aryl methyl sites for hydroxylation is 1. The second-order valence-corrected chi connectivity index (χ2v) is 8.70. The van der Waals surface area contributed by atoms with E-state index in [-0.39, 0.29) is 5.56 Å². The monoisotopic (exact) mass is 518 g/mol. The molecule has 0 aliphatic heterocycles. The van der Waals surface area contributed by atoms with Gasteiger partial charge in [0.05, 0.1) is 12.7 Å². The molecule has 7 heteroatoms. The van der Waals surface area contributed by atoms with E-state index in [0.29, 0.717) is 51.2 Å². The highest BCUT2D eigenvalue weighted by Crippen LogP contribution is 2.34. The second kappa shape index (κ2) is 8.83. The molecule has 0 aliphatic carbocycles. The van der Waals surface area contributed by atoms with Crippen LogP contribution in [0.2, 0.25) is 0 Å². The summed E-state index contributed by atoms with van der Waals surface area (Å²) in [6.45, 7) is 2.18. The van der Waals surface area contributed by atoms with Crippen LogP contribution in [0.4, 0.5) is 0 Å². The molecule has 5 rings (SSSR count). The minimum atomic E-state index is -0.572. The van der Waals surface area contributed by atoms with Crippen LogP contribution in [0.3, 0.4) is 0 Å². The number of fused-ring (bicyclic) bond motifs is 2. The molecule has 0 saturated carbocycles. The number of para-hydroxylation sites is 1. The van der Waals surface area contributed by atoms with Crippen molar-refractivity contribution in [1.82, 2.24) is 0 Å². The molecule has 0 amide bonds. The molecule has 0 saturated heterocycles. The lowest BCUT2D eigenvalue weighted by Crippen LogP contribution is -2.07. The van der Waals surface area contributed by atoms with Crippen LogP contribution in [0.5, 0.6) is 11.5 Å². The average molecular weight is 519 g/mol. The molecule has 0 atom stereocenters. The van der Waals surface area contributed by atoms with Gasteiger partial charge in [-0.15, -0.1) is 0 Å². The molecule has 34 heavy (non-hydrogen) atoms. The van der Waals surface area contributed by atoms with Crippen LogP contribution >= 0.6 is 15.9 Å². The van der Waals surface area contributed by atoms with Crippen LogP contribution in [0.25, 0.3) is 33.1 Å². The van der Waals surface area contributed by atoms with Gasteiger partial charge in [-0.25, -0.2) is 9.59 Å². The third-order valence-corrected chi connectivity index (χ3v) is 6.18. The summed E-state index contributed by atoms with van der Waals surface area (Å²) >= 11 is 3.42. The van der Waals surface area contributed by atoms with Crippen molar-refractivity contribution in [1.29, 1.82) is 0 Å². The predicted molar refractivity (Wildman–Crippen MR) is 134 cm³/mol. The number of hydrogen-bond acceptors (Lipinski definition) is 6. The maximum Gasteiger partial charge on any atom is 0.344 e. The van der Waals surface area contributed by atoms with E-state index < -0.39 is 11.3 Å². The Morgan fingerprint density at radius 2 is 1.65 bits per heavy atom. The van der Waals surface area contributed by atoms with Gasteiger partial charge in [0.15, 0.2) is 11.3 Å². The third kappa shape index (κ3) is 3.99. The second-order valence-electron chi connectivity index (χ2n) is 7.79. The quantitative estimate of drug-likeness (QED) is 0.257. The molecule has 3 aromatic carbocycles. The summed E-state index contributed by atoms with van der Waals surface area (Å²) in [5, 5.41) is 1.30. The molecule has 5 aromatic rings. The standard InChI is InChI=1S/C27H19BrO6/c1-15-22(32-14-16-6-8-18(28)9-7-16)11-10-19-20(13-24(29)33-25(15)19)21-12-17-4-3-5-23(31-2)26(17)34-27(21)30/h3-13H,14H2,1-2H3. The molecule has 0 spiro atoms. The van der Waals surface area contributed by atoms with Crippen molar-refractivity contribution in [2.45, 2.75) is 13.5 Å². The van der Waals surface area contributed by atoms with Gasteiger partial charge in [-0.3, -0.25) is 0 Å². The first-order chi connectivity index (χ1) is 16.4. The van der Waals surface area contributed by atoms with E-state index in [2.05, 4.69) is 15.9 Å². The summed E-state index contributed by atoms with van der Waals surface area (Å²) in [6.07, 6.45) is 0. The van der Waals surface area contributed by atoms with Crippen LogP contribution in [0.1, 0.15) is 11.1 Å². The largest absolute Gasteiger partial charge is 0.493 e. The third-order valence-electron chi connectivity index (χ3n) is 5.65. The van der Waals surface area contributed by atoms with Gasteiger partial charge >= 0.3 is 11.3 Å². The zero-order valence-corrected chi connectivity index (χ0v) is 20.0. The summed E-state index contributed by atoms with van der Waals surface area (Å²) in [5.41, 5.74) is 1.95. The fourth-order valence-electron chi connectivity index (χ4n) is 3.93. The molecule has 0 unspecified atom stereocenters. The first kappa shape index (κ1) is 22.0. The maximum absolute atomic E-state index is 12.9. The predicted octanol–water partition coefficient (Wildman–Crippen LogP) is 6.22. The van der Waals surface area contributed by atoms with Crippen LogP contribution in [0.15, 0.2) is 89.6 Å². The number of methoxy groups -OCH3 is 1. The SMILES string of the molecule is COc1cccc2cc(-c3cc(=O)oc4c(C)c(OCc5ccc(Br)cc5)ccc34)c(=O)oc12. The Labute approximate surface area is 202 Å². The smallest absolute Gasteiger partial charge is 0.344 e. The zero-order chi connectivity index (χ0) is 23.8. The Bertz CT molecular complexity index is 1650. The number of halogens is 1. The summed E-state index contributed by atoms with van der Waals surface area (Å²) in [5.74, 6) is 1.05. The summed E-state index contributed by atoms with van der Waals surface area (Å²) in [4.78, 5) is 25.4. The van der Waals surface area contributed by atoms with Crippen molar-refractivity contribution in [3.63, 3.8) is 0 Å². The molecule has 170 valence electrons. The van der Waals surface area contributed by atoms with Crippen molar-refractivity contribution in [3.8, 4) is 22.6 Å². The molecular weight excluding hydrogens is 500 g/mol. The Balaban J connectivity index is 1.61. The van der Waals surface area contributed by atoms with E-state index in [1.165, 1.54) is 13.2 Å². The molecular formula is C27H19BrO6. The van der Waals surface area contributed by atoms with Gasteiger partial charge in [0.25, 0.3) is 0 Å². The first-order valence-electron chi connectivity index (χ1n) is 10.5. The first-order valence-corrected chi connectivity index (χ1v) is 11.3. The maximum atomic E-state index is 12.9. The molecule has 0 N–H and O–H groups in total. The van der Waals surface area contributed by atoms with E-state index in [1.807, 2.05) is 49.4 Å². The van der Waals surface area contributed by atoms with Gasteiger partial charge in [0.2, 0.25) is 0 Å². The Morgan fingerprint density at radius 3 is 2.41 bits per heavy atom. The van der Waals surface area contributed by atoms with E-state index in [9.17, 15) is 9.59 Å². The Hall–Kier alpha value is -3.84. The summed E-state index contributed by atoms with van der Waals surface area (Å²) in [7, 11) is 1.51. The van der Waals surface area contributed by atoms with Crippen LogP contribution in [-0.2, 0) is 6.61 Å². The van der Waals surface area contributed by atoms with Crippen molar-refractivity contribution >= 4 is 37.9 Å². The fraction of sp³-hybridized carbons (Fsp3) is 0.111. The molecule has 2 aromatic heterocycles. The lowest BCUT2D eigenvalue weighted by Gasteiger charge is -2.13. The zero-order valence-electron chi connectivity index (χ0n) is 18.4. The van der Waals surface area contributed by atoms with Crippen molar-refractivity contribution in [3.05, 3.63) is 103 Å². The highest BCUT2D eigenvalue weighted by Gasteiger charge is 2.17. The van der Waals surface area contributed by atoms with Crippen LogP contribution < -0.4 is 20.7 Å². The van der Waals surface area contributed by atoms with Crippen molar-refractivity contribution < 1.29 is 18.3 Å². The van der Waals surface area contributed by atoms with E-state index in [4.69, 9.17) is 18.3 Å². The molecule has 6 nitrogen and oxygen atoms in total. The Kier molecular flexibility index (Phi) is 5.71. The molecule has 0 aliphatic rings. The topological polar surface area (TPSA) is 78.9 Å². The van der Waals surface area contributed by atoms with Gasteiger partial charge in [-0.1, -0.05) is 40.2 Å². The van der Waals surface area contributed by atoms with E-state index in [1.54, 1.807) is 18.2 Å². The van der Waals surface area contributed by atoms with E-state index >= 15 is 0 Å².